The molecule has 0 aliphatic carbocycles. The summed E-state index contributed by atoms with van der Waals surface area (Å²) in [5, 5.41) is 16.2. The van der Waals surface area contributed by atoms with Crippen molar-refractivity contribution in [3.63, 3.8) is 0 Å². The van der Waals surface area contributed by atoms with Crippen molar-refractivity contribution in [2.24, 2.45) is 5.73 Å². The van der Waals surface area contributed by atoms with Gasteiger partial charge in [0.1, 0.15) is 11.7 Å². The van der Waals surface area contributed by atoms with Gasteiger partial charge in [-0.3, -0.25) is 5.41 Å². The molecule has 1 heterocycles. The van der Waals surface area contributed by atoms with Crippen LogP contribution in [-0.4, -0.2) is 21.9 Å². The Labute approximate surface area is 86.4 Å². The van der Waals surface area contributed by atoms with E-state index >= 15 is 0 Å². The fourth-order valence-corrected chi connectivity index (χ4v) is 1.25. The van der Waals surface area contributed by atoms with E-state index in [1.807, 2.05) is 6.92 Å². The van der Waals surface area contributed by atoms with Crippen molar-refractivity contribution < 1.29 is 9.90 Å². The highest BCUT2D eigenvalue weighted by molar-refractivity contribution is 6.08. The minimum atomic E-state index is -1.16. The molecule has 1 aromatic heterocycles. The van der Waals surface area contributed by atoms with Crippen molar-refractivity contribution in [1.82, 2.24) is 4.98 Å². The van der Waals surface area contributed by atoms with Gasteiger partial charge in [0.15, 0.2) is 0 Å². The second-order valence-electron chi connectivity index (χ2n) is 2.99. The van der Waals surface area contributed by atoms with Gasteiger partial charge in [0.25, 0.3) is 0 Å². The number of carboxylic acid groups (broad SMARTS) is 1. The predicted octanol–water partition coefficient (Wildman–Crippen LogP) is 0.208. The third-order valence-electron chi connectivity index (χ3n) is 1.96. The summed E-state index contributed by atoms with van der Waals surface area (Å²) < 4.78 is 0. The molecule has 6 N–H and O–H groups in total. The van der Waals surface area contributed by atoms with Crippen molar-refractivity contribution in [3.8, 4) is 0 Å². The summed E-state index contributed by atoms with van der Waals surface area (Å²) in [4.78, 5) is 14.9. The van der Waals surface area contributed by atoms with Gasteiger partial charge in [-0.05, 0) is 12.5 Å². The summed E-state index contributed by atoms with van der Waals surface area (Å²) in [6, 6.07) is 1.38. The predicted molar refractivity (Wildman–Crippen MR) is 56.0 cm³/mol. The number of nitrogens with zero attached hydrogens (tertiary/aromatic N) is 1. The van der Waals surface area contributed by atoms with E-state index in [1.54, 1.807) is 0 Å². The third-order valence-corrected chi connectivity index (χ3v) is 1.96. The maximum Gasteiger partial charge on any atom is 0.336 e. The molecule has 0 unspecified atom stereocenters. The van der Waals surface area contributed by atoms with Gasteiger partial charge < -0.3 is 16.6 Å². The first kappa shape index (κ1) is 11.0. The fraction of sp³-hybridized carbons (Fsp3) is 0.222. The fourth-order valence-electron chi connectivity index (χ4n) is 1.25. The number of nitrogen functional groups attached to an aromatic ring is 2. The molecule has 0 radical (unpaired) electrons. The van der Waals surface area contributed by atoms with Gasteiger partial charge in [-0.2, -0.15) is 0 Å². The van der Waals surface area contributed by atoms with Crippen LogP contribution >= 0.6 is 0 Å². The highest BCUT2D eigenvalue weighted by Gasteiger charge is 2.17. The number of hydrogen-bond acceptors (Lipinski definition) is 4. The molecule has 0 bridgehead atoms. The minimum absolute atomic E-state index is 0.0142. The summed E-state index contributed by atoms with van der Waals surface area (Å²) in [7, 11) is 0. The van der Waals surface area contributed by atoms with Gasteiger partial charge in [-0.25, -0.2) is 9.78 Å². The van der Waals surface area contributed by atoms with E-state index in [-0.39, 0.29) is 22.8 Å². The van der Waals surface area contributed by atoms with E-state index in [2.05, 4.69) is 4.98 Å². The Hall–Kier alpha value is -2.11. The maximum atomic E-state index is 10.9. The Morgan fingerprint density at radius 3 is 2.67 bits per heavy atom. The Balaban J connectivity index is 3.49. The standard InChI is InChI=1S/C9H12N4O2/c1-2-4-3-5(9(14)15)6(7(10)11)8(12)13-4/h3H,2H2,1H3,(H3,10,11)(H2,12,13)(H,14,15). The van der Waals surface area contributed by atoms with Crippen LogP contribution in [0, 0.1) is 5.41 Å². The Morgan fingerprint density at radius 1 is 1.67 bits per heavy atom. The monoisotopic (exact) mass is 208 g/mol. The maximum absolute atomic E-state index is 10.9. The molecular weight excluding hydrogens is 196 g/mol. The van der Waals surface area contributed by atoms with Crippen LogP contribution in [0.3, 0.4) is 0 Å². The summed E-state index contributed by atoms with van der Waals surface area (Å²) >= 11 is 0. The molecule has 0 amide bonds. The largest absolute Gasteiger partial charge is 0.478 e. The first-order valence-corrected chi connectivity index (χ1v) is 4.34. The molecule has 0 atom stereocenters. The highest BCUT2D eigenvalue weighted by atomic mass is 16.4. The number of amidine groups is 1. The van der Waals surface area contributed by atoms with Crippen LogP contribution in [0.1, 0.15) is 28.5 Å². The third kappa shape index (κ3) is 2.04. The molecule has 0 saturated heterocycles. The van der Waals surface area contributed by atoms with Crippen LogP contribution in [0.5, 0.6) is 0 Å². The van der Waals surface area contributed by atoms with Gasteiger partial charge in [0.2, 0.25) is 0 Å². The normalized spacial score (nSPS) is 9.93. The van der Waals surface area contributed by atoms with Gasteiger partial charge in [0, 0.05) is 5.69 Å². The molecular formula is C9H12N4O2. The SMILES string of the molecule is CCc1cc(C(=O)O)c(C(=N)N)c(N)n1. The number of aromatic carboxylic acids is 1. The smallest absolute Gasteiger partial charge is 0.336 e. The zero-order chi connectivity index (χ0) is 11.6. The van der Waals surface area contributed by atoms with E-state index in [9.17, 15) is 4.79 Å². The first-order chi connectivity index (χ1) is 6.97. The van der Waals surface area contributed by atoms with Gasteiger partial charge in [0.05, 0.1) is 11.1 Å². The molecule has 1 rings (SSSR count). The number of anilines is 1. The number of nitrogens with two attached hydrogens (primary N) is 2. The van der Waals surface area contributed by atoms with Crippen LogP contribution in [-0.2, 0) is 6.42 Å². The van der Waals surface area contributed by atoms with Crippen molar-refractivity contribution in [2.45, 2.75) is 13.3 Å². The summed E-state index contributed by atoms with van der Waals surface area (Å²) in [6.45, 7) is 1.83. The number of carboxylic acids is 1. The number of hydrogen-bond donors (Lipinski definition) is 4. The number of aryl methyl sites for hydroxylation is 1. The Kier molecular flexibility index (Phi) is 2.89. The minimum Gasteiger partial charge on any atom is -0.478 e. The van der Waals surface area contributed by atoms with E-state index in [4.69, 9.17) is 22.0 Å². The van der Waals surface area contributed by atoms with E-state index in [1.165, 1.54) is 6.07 Å². The Morgan fingerprint density at radius 2 is 2.27 bits per heavy atom. The second-order valence-corrected chi connectivity index (χ2v) is 2.99. The molecule has 0 aromatic carbocycles. The molecule has 0 aliphatic rings. The average Bonchev–Trinajstić information content (AvgIpc) is 2.15. The van der Waals surface area contributed by atoms with Crippen molar-refractivity contribution in [3.05, 3.63) is 22.9 Å². The quantitative estimate of drug-likeness (QED) is 0.417. The van der Waals surface area contributed by atoms with Crippen molar-refractivity contribution >= 4 is 17.6 Å². The molecule has 80 valence electrons. The lowest BCUT2D eigenvalue weighted by Gasteiger charge is -2.08. The van der Waals surface area contributed by atoms with Crippen molar-refractivity contribution in [2.75, 3.05) is 5.73 Å². The average molecular weight is 208 g/mol. The van der Waals surface area contributed by atoms with Gasteiger partial charge >= 0.3 is 5.97 Å². The molecule has 15 heavy (non-hydrogen) atoms. The number of rotatable bonds is 3. The molecule has 0 saturated carbocycles. The lowest BCUT2D eigenvalue weighted by Crippen LogP contribution is -2.20. The molecule has 6 nitrogen and oxygen atoms in total. The topological polar surface area (TPSA) is 126 Å². The zero-order valence-electron chi connectivity index (χ0n) is 8.24. The van der Waals surface area contributed by atoms with E-state index in [0.717, 1.165) is 0 Å². The lowest BCUT2D eigenvalue weighted by molar-refractivity contribution is 0.0696. The number of nitrogens with one attached hydrogen (secondary N) is 1. The van der Waals surface area contributed by atoms with Crippen LogP contribution in [0.4, 0.5) is 5.82 Å². The number of carbonyl (C=O) groups is 1. The second kappa shape index (κ2) is 3.95. The van der Waals surface area contributed by atoms with E-state index < -0.39 is 5.97 Å². The van der Waals surface area contributed by atoms with Crippen LogP contribution in [0.25, 0.3) is 0 Å². The lowest BCUT2D eigenvalue weighted by atomic mass is 10.1. The summed E-state index contributed by atoms with van der Waals surface area (Å²) in [6.07, 6.45) is 0.572. The van der Waals surface area contributed by atoms with E-state index in [0.29, 0.717) is 12.1 Å². The summed E-state index contributed by atoms with van der Waals surface area (Å²) in [5.74, 6) is -1.57. The molecule has 0 spiro atoms. The highest BCUT2D eigenvalue weighted by Crippen LogP contribution is 2.16. The zero-order valence-corrected chi connectivity index (χ0v) is 8.24. The number of aromatic nitrogens is 1. The van der Waals surface area contributed by atoms with Gasteiger partial charge in [-0.15, -0.1) is 0 Å². The van der Waals surface area contributed by atoms with Crippen LogP contribution < -0.4 is 11.5 Å². The summed E-state index contributed by atoms with van der Waals surface area (Å²) in [5.41, 5.74) is 11.3. The Bertz CT molecular complexity index is 428. The molecule has 6 heteroatoms. The number of pyridine rings is 1. The first-order valence-electron chi connectivity index (χ1n) is 4.34. The van der Waals surface area contributed by atoms with Crippen molar-refractivity contribution in [1.29, 1.82) is 5.41 Å². The van der Waals surface area contributed by atoms with Crippen LogP contribution in [0.2, 0.25) is 0 Å². The molecule has 1 aromatic rings. The molecule has 0 fully saturated rings. The molecule has 0 aliphatic heterocycles. The van der Waals surface area contributed by atoms with Crippen LogP contribution in [0.15, 0.2) is 6.07 Å². The van der Waals surface area contributed by atoms with Gasteiger partial charge in [-0.1, -0.05) is 6.92 Å².